The van der Waals surface area contributed by atoms with Gasteiger partial charge in [0.25, 0.3) is 5.56 Å². The average molecular weight is 557 g/mol. The van der Waals surface area contributed by atoms with Gasteiger partial charge in [0.15, 0.2) is 11.2 Å². The summed E-state index contributed by atoms with van der Waals surface area (Å²) < 4.78 is 4.94. The van der Waals surface area contributed by atoms with Crippen molar-refractivity contribution < 1.29 is 4.79 Å². The van der Waals surface area contributed by atoms with E-state index in [4.69, 9.17) is 4.98 Å². The van der Waals surface area contributed by atoms with Crippen molar-refractivity contribution in [3.8, 4) is 11.3 Å². The van der Waals surface area contributed by atoms with Crippen LogP contribution in [0.2, 0.25) is 0 Å². The van der Waals surface area contributed by atoms with Gasteiger partial charge >= 0.3 is 5.69 Å². The number of nitrogens with zero attached hydrogens (tertiary/aromatic N) is 6. The van der Waals surface area contributed by atoms with Crippen molar-refractivity contribution >= 4 is 44.3 Å². The van der Waals surface area contributed by atoms with Gasteiger partial charge in [0, 0.05) is 48.0 Å². The number of hydrogen-bond donors (Lipinski definition) is 0. The molecule has 1 saturated heterocycles. The maximum absolute atomic E-state index is 13.1. The van der Waals surface area contributed by atoms with E-state index < -0.39 is 11.2 Å². The highest BCUT2D eigenvalue weighted by atomic mass is 79.9. The smallest absolute Gasteiger partial charge is 0.332 e. The summed E-state index contributed by atoms with van der Waals surface area (Å²) in [6.45, 7) is 3.39. The standard InChI is InChI=1S/C24H25BrN6O3S/c1-14-19(15-4-6-17(25)7-5-15)27-22(35-14)16-8-10-30(11-9-16)18(32)12-31-13-26-21-20(31)23(33)29(3)24(34)28(21)2/h4-7,13,16H,8-12H2,1-3H3. The number of imidazole rings is 1. The minimum absolute atomic E-state index is 0.0126. The minimum Gasteiger partial charge on any atom is -0.341 e. The van der Waals surface area contributed by atoms with E-state index in [9.17, 15) is 14.4 Å². The number of aryl methyl sites for hydroxylation is 2. The quantitative estimate of drug-likeness (QED) is 0.385. The molecule has 0 saturated carbocycles. The van der Waals surface area contributed by atoms with Crippen LogP contribution in [0.1, 0.15) is 28.6 Å². The van der Waals surface area contributed by atoms with Crippen LogP contribution in [-0.2, 0) is 25.4 Å². The van der Waals surface area contributed by atoms with Crippen LogP contribution in [0.25, 0.3) is 22.4 Å². The average Bonchev–Trinajstić information content (AvgIpc) is 3.46. The van der Waals surface area contributed by atoms with Gasteiger partial charge in [-0.25, -0.2) is 14.8 Å². The second-order valence-electron chi connectivity index (χ2n) is 8.87. The molecule has 0 N–H and O–H groups in total. The van der Waals surface area contributed by atoms with Gasteiger partial charge in [-0.15, -0.1) is 11.3 Å². The van der Waals surface area contributed by atoms with Crippen LogP contribution >= 0.6 is 27.3 Å². The molecule has 0 atom stereocenters. The van der Waals surface area contributed by atoms with Gasteiger partial charge in [-0.1, -0.05) is 28.1 Å². The largest absolute Gasteiger partial charge is 0.341 e. The lowest BCUT2D eigenvalue weighted by atomic mass is 9.97. The predicted molar refractivity (Wildman–Crippen MR) is 139 cm³/mol. The Hall–Kier alpha value is -3.05. The first kappa shape index (κ1) is 23.7. The van der Waals surface area contributed by atoms with Crippen LogP contribution in [0.3, 0.4) is 0 Å². The molecular formula is C24H25BrN6O3S. The summed E-state index contributed by atoms with van der Waals surface area (Å²) in [6, 6.07) is 8.19. The molecule has 182 valence electrons. The molecule has 1 aromatic carbocycles. The molecule has 1 aliphatic rings. The van der Waals surface area contributed by atoms with Crippen molar-refractivity contribution in [3.63, 3.8) is 0 Å². The van der Waals surface area contributed by atoms with Gasteiger partial charge in [0.2, 0.25) is 5.91 Å². The number of rotatable bonds is 4. The summed E-state index contributed by atoms with van der Waals surface area (Å²) in [5.41, 5.74) is 1.78. The SMILES string of the molecule is Cc1sc(C2CCN(C(=O)Cn3cnc4c3c(=O)n(C)c(=O)n4C)CC2)nc1-c1ccc(Br)cc1. The molecule has 35 heavy (non-hydrogen) atoms. The fourth-order valence-corrected chi connectivity index (χ4v) is 5.98. The van der Waals surface area contributed by atoms with Crippen LogP contribution in [0, 0.1) is 6.92 Å². The number of carbonyl (C=O) groups excluding carboxylic acids is 1. The van der Waals surface area contributed by atoms with Crippen LogP contribution in [0.15, 0.2) is 44.7 Å². The number of thiazole rings is 1. The van der Waals surface area contributed by atoms with Crippen molar-refractivity contribution in [2.24, 2.45) is 14.1 Å². The highest BCUT2D eigenvalue weighted by molar-refractivity contribution is 9.10. The monoisotopic (exact) mass is 556 g/mol. The molecule has 0 spiro atoms. The Kier molecular flexibility index (Phi) is 6.22. The maximum Gasteiger partial charge on any atom is 0.332 e. The number of benzene rings is 1. The molecule has 0 bridgehead atoms. The molecule has 0 radical (unpaired) electrons. The zero-order chi connectivity index (χ0) is 24.9. The second-order valence-corrected chi connectivity index (χ2v) is 11.0. The third kappa shape index (κ3) is 4.27. The first-order chi connectivity index (χ1) is 16.7. The summed E-state index contributed by atoms with van der Waals surface area (Å²) in [7, 11) is 2.99. The second kappa shape index (κ2) is 9.19. The first-order valence-corrected chi connectivity index (χ1v) is 13.0. The Morgan fingerprint density at radius 3 is 2.49 bits per heavy atom. The maximum atomic E-state index is 13.1. The number of halogens is 1. The molecular weight excluding hydrogens is 532 g/mol. The number of likely N-dealkylation sites (tertiary alicyclic amines) is 1. The Balaban J connectivity index is 1.28. The topological polar surface area (TPSA) is 95.0 Å². The zero-order valence-corrected chi connectivity index (χ0v) is 22.1. The van der Waals surface area contributed by atoms with Crippen LogP contribution in [0.5, 0.6) is 0 Å². The molecule has 0 unspecified atom stereocenters. The lowest BCUT2D eigenvalue weighted by Crippen LogP contribution is -2.40. The minimum atomic E-state index is -0.451. The lowest BCUT2D eigenvalue weighted by molar-refractivity contribution is -0.132. The molecule has 5 rings (SSSR count). The number of amides is 1. The Morgan fingerprint density at radius 1 is 1.11 bits per heavy atom. The summed E-state index contributed by atoms with van der Waals surface area (Å²) in [5.74, 6) is 0.257. The van der Waals surface area contributed by atoms with Crippen LogP contribution in [-0.4, -0.2) is 47.6 Å². The summed E-state index contributed by atoms with van der Waals surface area (Å²) >= 11 is 5.22. The highest BCUT2D eigenvalue weighted by Crippen LogP contribution is 2.36. The van der Waals surface area contributed by atoms with E-state index in [2.05, 4.69) is 40.0 Å². The zero-order valence-electron chi connectivity index (χ0n) is 19.7. The molecule has 4 heterocycles. The third-order valence-electron chi connectivity index (χ3n) is 6.65. The van der Waals surface area contributed by atoms with Gasteiger partial charge in [0.1, 0.15) is 6.54 Å². The molecule has 11 heteroatoms. The van der Waals surface area contributed by atoms with Crippen molar-refractivity contribution in [2.45, 2.75) is 32.2 Å². The van der Waals surface area contributed by atoms with Gasteiger partial charge < -0.3 is 9.47 Å². The Bertz CT molecular complexity index is 1540. The van der Waals surface area contributed by atoms with E-state index in [1.54, 1.807) is 23.0 Å². The molecule has 1 fully saturated rings. The van der Waals surface area contributed by atoms with Crippen LogP contribution < -0.4 is 11.2 Å². The third-order valence-corrected chi connectivity index (χ3v) is 8.31. The summed E-state index contributed by atoms with van der Waals surface area (Å²) in [6.07, 6.45) is 3.15. The molecule has 4 aromatic rings. The van der Waals surface area contributed by atoms with Gasteiger partial charge in [-0.3, -0.25) is 18.7 Å². The van der Waals surface area contributed by atoms with E-state index in [-0.39, 0.29) is 23.6 Å². The molecule has 1 aliphatic heterocycles. The van der Waals surface area contributed by atoms with Crippen molar-refractivity contribution in [3.05, 3.63) is 65.8 Å². The van der Waals surface area contributed by atoms with E-state index in [0.29, 0.717) is 19.0 Å². The van der Waals surface area contributed by atoms with Crippen molar-refractivity contribution in [1.82, 2.24) is 28.6 Å². The summed E-state index contributed by atoms with van der Waals surface area (Å²) in [4.78, 5) is 50.0. The molecule has 0 aliphatic carbocycles. The predicted octanol–water partition coefficient (Wildman–Crippen LogP) is 3.03. The van der Waals surface area contributed by atoms with E-state index >= 15 is 0 Å². The fraction of sp³-hybridized carbons (Fsp3) is 0.375. The first-order valence-electron chi connectivity index (χ1n) is 11.4. The van der Waals surface area contributed by atoms with E-state index in [1.165, 1.54) is 22.8 Å². The summed E-state index contributed by atoms with van der Waals surface area (Å²) in [5, 5.41) is 1.12. The van der Waals surface area contributed by atoms with E-state index in [0.717, 1.165) is 38.1 Å². The number of aromatic nitrogens is 5. The highest BCUT2D eigenvalue weighted by Gasteiger charge is 2.27. The number of fused-ring (bicyclic) bond motifs is 1. The van der Waals surface area contributed by atoms with Gasteiger partial charge in [-0.2, -0.15) is 0 Å². The molecule has 3 aromatic heterocycles. The normalized spacial score (nSPS) is 14.7. The van der Waals surface area contributed by atoms with Crippen molar-refractivity contribution in [1.29, 1.82) is 0 Å². The van der Waals surface area contributed by atoms with Gasteiger partial charge in [-0.05, 0) is 31.9 Å². The lowest BCUT2D eigenvalue weighted by Gasteiger charge is -2.31. The van der Waals surface area contributed by atoms with Crippen molar-refractivity contribution in [2.75, 3.05) is 13.1 Å². The van der Waals surface area contributed by atoms with Gasteiger partial charge in [0.05, 0.1) is 17.0 Å². The Labute approximate surface area is 213 Å². The number of carbonyl (C=O) groups is 1. The molecule has 1 amide bonds. The number of hydrogen-bond acceptors (Lipinski definition) is 6. The fourth-order valence-electron chi connectivity index (χ4n) is 4.61. The molecule has 9 nitrogen and oxygen atoms in total. The van der Waals surface area contributed by atoms with E-state index in [1.807, 2.05) is 17.0 Å². The van der Waals surface area contributed by atoms with Crippen LogP contribution in [0.4, 0.5) is 0 Å². The number of piperidine rings is 1. The Morgan fingerprint density at radius 2 is 1.80 bits per heavy atom.